The summed E-state index contributed by atoms with van der Waals surface area (Å²) in [7, 11) is -3.45. The van der Waals surface area contributed by atoms with Gasteiger partial charge in [0.25, 0.3) is 0 Å². The topological polar surface area (TPSA) is 106 Å². The van der Waals surface area contributed by atoms with E-state index in [9.17, 15) is 23.3 Å². The maximum atomic E-state index is 12.5. The molecule has 7 nitrogen and oxygen atoms in total. The molecule has 1 aromatic heterocycles. The van der Waals surface area contributed by atoms with Crippen molar-refractivity contribution in [2.45, 2.75) is 25.2 Å². The monoisotopic (exact) mass is 352 g/mol. The van der Waals surface area contributed by atoms with Crippen LogP contribution in [0.2, 0.25) is 0 Å². The maximum absolute atomic E-state index is 12.5. The normalized spacial score (nSPS) is 25.4. The van der Waals surface area contributed by atoms with E-state index in [1.54, 1.807) is 5.38 Å². The van der Waals surface area contributed by atoms with E-state index in [2.05, 4.69) is 5.32 Å². The molecule has 3 heterocycles. The van der Waals surface area contributed by atoms with Crippen molar-refractivity contribution < 1.29 is 18.1 Å². The second-order valence-electron chi connectivity index (χ2n) is 5.76. The summed E-state index contributed by atoms with van der Waals surface area (Å²) in [5.74, 6) is -0.768. The van der Waals surface area contributed by atoms with E-state index in [-0.39, 0.29) is 21.4 Å². The molecule has 4 rings (SSSR count). The SMILES string of the molecule is O=C1CCC2=C1C(c1csc([N+](=O)[O-])c1)C1=C(CCS1(=O)=O)N2. The van der Waals surface area contributed by atoms with E-state index < -0.39 is 20.7 Å². The third-order valence-electron chi connectivity index (χ3n) is 4.45. The predicted molar refractivity (Wildman–Crippen MR) is 83.5 cm³/mol. The van der Waals surface area contributed by atoms with E-state index >= 15 is 0 Å². The minimum absolute atomic E-state index is 0.0160. The molecule has 0 saturated carbocycles. The number of sulfone groups is 1. The van der Waals surface area contributed by atoms with Crippen LogP contribution < -0.4 is 5.32 Å². The van der Waals surface area contributed by atoms with E-state index in [1.807, 2.05) is 0 Å². The van der Waals surface area contributed by atoms with Gasteiger partial charge >= 0.3 is 5.00 Å². The van der Waals surface area contributed by atoms with Crippen molar-refractivity contribution in [3.05, 3.63) is 49.0 Å². The van der Waals surface area contributed by atoms with Gasteiger partial charge in [-0.2, -0.15) is 0 Å². The molecule has 0 spiro atoms. The largest absolute Gasteiger partial charge is 0.361 e. The van der Waals surface area contributed by atoms with Crippen LogP contribution in [0.3, 0.4) is 0 Å². The van der Waals surface area contributed by atoms with Crippen LogP contribution >= 0.6 is 11.3 Å². The fourth-order valence-corrected chi connectivity index (χ4v) is 6.08. The number of nitrogens with one attached hydrogen (secondary N) is 1. The second-order valence-corrected chi connectivity index (χ2v) is 8.73. The van der Waals surface area contributed by atoms with Gasteiger partial charge in [0.15, 0.2) is 15.6 Å². The Morgan fingerprint density at radius 3 is 2.74 bits per heavy atom. The molecule has 0 radical (unpaired) electrons. The van der Waals surface area contributed by atoms with Gasteiger partial charge in [0.1, 0.15) is 0 Å². The Morgan fingerprint density at radius 2 is 2.04 bits per heavy atom. The molecule has 23 heavy (non-hydrogen) atoms. The number of carbonyl (C=O) groups excluding carboxylic acids is 1. The molecule has 0 aromatic carbocycles. The zero-order valence-corrected chi connectivity index (χ0v) is 13.5. The molecule has 0 amide bonds. The molecule has 1 N–H and O–H groups in total. The minimum atomic E-state index is -3.45. The molecule has 1 aromatic rings. The molecular weight excluding hydrogens is 340 g/mol. The summed E-state index contributed by atoms with van der Waals surface area (Å²) >= 11 is 0.950. The summed E-state index contributed by atoms with van der Waals surface area (Å²) in [6, 6.07) is 1.38. The highest BCUT2D eigenvalue weighted by Gasteiger charge is 2.45. The summed E-state index contributed by atoms with van der Waals surface area (Å²) < 4.78 is 24.9. The van der Waals surface area contributed by atoms with Crippen molar-refractivity contribution in [2.24, 2.45) is 0 Å². The summed E-state index contributed by atoms with van der Waals surface area (Å²) in [5, 5.41) is 15.6. The fraction of sp³-hybridized carbons (Fsp3) is 0.357. The molecule has 1 aliphatic carbocycles. The van der Waals surface area contributed by atoms with Crippen LogP contribution in [0, 0.1) is 10.1 Å². The first kappa shape index (κ1) is 14.6. The number of nitro groups is 1. The highest BCUT2D eigenvalue weighted by molar-refractivity contribution is 7.95. The Morgan fingerprint density at radius 1 is 1.26 bits per heavy atom. The van der Waals surface area contributed by atoms with Gasteiger partial charge < -0.3 is 5.32 Å². The van der Waals surface area contributed by atoms with Crippen molar-refractivity contribution in [1.29, 1.82) is 0 Å². The first-order valence-electron chi connectivity index (χ1n) is 7.10. The van der Waals surface area contributed by atoms with Crippen molar-refractivity contribution in [3.63, 3.8) is 0 Å². The lowest BCUT2D eigenvalue weighted by atomic mass is 9.87. The molecule has 120 valence electrons. The Bertz CT molecular complexity index is 923. The van der Waals surface area contributed by atoms with Crippen LogP contribution in [0.1, 0.15) is 30.7 Å². The zero-order chi connectivity index (χ0) is 16.4. The van der Waals surface area contributed by atoms with Crippen LogP contribution in [-0.2, 0) is 14.6 Å². The number of carbonyl (C=O) groups is 1. The number of Topliss-reactive ketones (excluding diaryl/α,β-unsaturated/α-hetero) is 1. The fourth-order valence-electron chi connectivity index (χ4n) is 3.49. The smallest absolute Gasteiger partial charge is 0.324 e. The van der Waals surface area contributed by atoms with Gasteiger partial charge in [-0.15, -0.1) is 0 Å². The second kappa shape index (κ2) is 4.75. The van der Waals surface area contributed by atoms with Gasteiger partial charge in [-0.1, -0.05) is 11.3 Å². The summed E-state index contributed by atoms with van der Waals surface area (Å²) in [4.78, 5) is 22.9. The number of ketones is 1. The van der Waals surface area contributed by atoms with Gasteiger partial charge in [-0.25, -0.2) is 8.42 Å². The van der Waals surface area contributed by atoms with Crippen molar-refractivity contribution >= 4 is 32.0 Å². The third-order valence-corrected chi connectivity index (χ3v) is 7.24. The van der Waals surface area contributed by atoms with E-state index in [0.29, 0.717) is 36.1 Å². The Kier molecular flexibility index (Phi) is 3.01. The standard InChI is InChI=1S/C14H12N2O5S2/c17-10-2-1-8-13(10)12(7-5-11(16(18)19)22-6-7)14-9(15-8)3-4-23(14,20)21/h5-6,12,15H,1-4H2. The lowest BCUT2D eigenvalue weighted by Crippen LogP contribution is -2.26. The van der Waals surface area contributed by atoms with Crippen molar-refractivity contribution in [3.8, 4) is 0 Å². The molecule has 0 fully saturated rings. The number of allylic oxidation sites excluding steroid dienone is 4. The summed E-state index contributed by atoms with van der Waals surface area (Å²) in [6.45, 7) is 0. The number of hydrogen-bond donors (Lipinski definition) is 1. The molecule has 1 unspecified atom stereocenters. The molecule has 0 bridgehead atoms. The van der Waals surface area contributed by atoms with Gasteiger partial charge in [0, 0.05) is 41.3 Å². The van der Waals surface area contributed by atoms with Crippen LogP contribution in [-0.4, -0.2) is 24.9 Å². The zero-order valence-electron chi connectivity index (χ0n) is 11.9. The highest BCUT2D eigenvalue weighted by atomic mass is 32.2. The number of dihydropyridines is 1. The number of hydrogen-bond acceptors (Lipinski definition) is 7. The molecular formula is C14H12N2O5S2. The van der Waals surface area contributed by atoms with Crippen LogP contribution in [0.25, 0.3) is 0 Å². The van der Waals surface area contributed by atoms with Crippen LogP contribution in [0.5, 0.6) is 0 Å². The Hall–Kier alpha value is -2.00. The first-order valence-corrected chi connectivity index (χ1v) is 9.63. The van der Waals surface area contributed by atoms with E-state index in [0.717, 1.165) is 17.0 Å². The predicted octanol–water partition coefficient (Wildman–Crippen LogP) is 1.99. The van der Waals surface area contributed by atoms with E-state index in [4.69, 9.17) is 0 Å². The molecule has 0 saturated heterocycles. The van der Waals surface area contributed by atoms with E-state index in [1.165, 1.54) is 6.07 Å². The average molecular weight is 352 g/mol. The summed E-state index contributed by atoms with van der Waals surface area (Å²) in [6.07, 6.45) is 1.31. The lowest BCUT2D eigenvalue weighted by molar-refractivity contribution is -0.380. The Labute approximate surface area is 135 Å². The van der Waals surface area contributed by atoms with Gasteiger partial charge in [-0.3, -0.25) is 14.9 Å². The number of thiophene rings is 1. The molecule has 1 atom stereocenters. The summed E-state index contributed by atoms with van der Waals surface area (Å²) in [5.41, 5.74) is 2.38. The number of nitrogens with zero attached hydrogens (tertiary/aromatic N) is 1. The van der Waals surface area contributed by atoms with Gasteiger partial charge in [-0.05, 0) is 12.0 Å². The van der Waals surface area contributed by atoms with Gasteiger partial charge in [0.05, 0.1) is 21.5 Å². The maximum Gasteiger partial charge on any atom is 0.324 e. The van der Waals surface area contributed by atoms with Crippen LogP contribution in [0.15, 0.2) is 33.3 Å². The lowest BCUT2D eigenvalue weighted by Gasteiger charge is -2.26. The van der Waals surface area contributed by atoms with Gasteiger partial charge in [0.2, 0.25) is 0 Å². The van der Waals surface area contributed by atoms with Crippen LogP contribution in [0.4, 0.5) is 5.00 Å². The Balaban J connectivity index is 1.92. The quantitative estimate of drug-likeness (QED) is 0.644. The third kappa shape index (κ3) is 2.07. The molecule has 2 aliphatic heterocycles. The molecule has 9 heteroatoms. The highest BCUT2D eigenvalue weighted by Crippen LogP contribution is 2.49. The first-order chi connectivity index (χ1) is 10.9. The number of rotatable bonds is 2. The average Bonchev–Trinajstić information content (AvgIpc) is 3.17. The minimum Gasteiger partial charge on any atom is -0.361 e. The molecule has 3 aliphatic rings. The van der Waals surface area contributed by atoms with Crippen molar-refractivity contribution in [1.82, 2.24) is 5.32 Å². The van der Waals surface area contributed by atoms with Crippen molar-refractivity contribution in [2.75, 3.05) is 5.75 Å².